The van der Waals surface area contributed by atoms with Crippen LogP contribution in [-0.4, -0.2) is 51.6 Å². The van der Waals surface area contributed by atoms with Gasteiger partial charge in [0.2, 0.25) is 5.88 Å². The topological polar surface area (TPSA) is 112 Å². The van der Waals surface area contributed by atoms with Gasteiger partial charge in [0, 0.05) is 24.0 Å². The molecule has 0 unspecified atom stereocenters. The van der Waals surface area contributed by atoms with Crippen LogP contribution in [0.3, 0.4) is 0 Å². The minimum absolute atomic E-state index is 0.0727. The van der Waals surface area contributed by atoms with Crippen molar-refractivity contribution in [1.29, 1.82) is 0 Å². The molecule has 0 bridgehead atoms. The van der Waals surface area contributed by atoms with Gasteiger partial charge in [-0.25, -0.2) is 0 Å². The minimum Gasteiger partial charge on any atom is -0.497 e. The molecule has 198 valence electrons. The highest BCUT2D eigenvalue weighted by Gasteiger charge is 2.34. The lowest BCUT2D eigenvalue weighted by atomic mass is 9.97. The standard InChI is InChI=1S/C26H23F3N4O4S/c1-37-18-4-2-16(20(12-18)26(27,28)29)11-19(15-3-5-21-17(10-15)13-30-32-21)22-23(34)31-25(38-22)33-8-6-14(7-9-33)24(35)36/h2-5,10-14,34H,6-9H2,1H3,(H,30,32)(H,35,36). The predicted octanol–water partition coefficient (Wildman–Crippen LogP) is 5.64. The van der Waals surface area contributed by atoms with E-state index in [9.17, 15) is 28.2 Å². The van der Waals surface area contributed by atoms with Crippen molar-refractivity contribution < 1.29 is 32.9 Å². The molecule has 8 nitrogen and oxygen atoms in total. The smallest absolute Gasteiger partial charge is 0.417 e. The van der Waals surface area contributed by atoms with Crippen LogP contribution in [0, 0.1) is 5.92 Å². The Hall–Kier alpha value is -4.06. The maximum Gasteiger partial charge on any atom is 0.417 e. The van der Waals surface area contributed by atoms with Crippen molar-refractivity contribution in [2.45, 2.75) is 19.0 Å². The van der Waals surface area contributed by atoms with E-state index in [1.165, 1.54) is 25.3 Å². The average molecular weight is 545 g/mol. The Morgan fingerprint density at radius 3 is 2.66 bits per heavy atom. The molecule has 0 amide bonds. The summed E-state index contributed by atoms with van der Waals surface area (Å²) in [6, 6.07) is 8.99. The van der Waals surface area contributed by atoms with Gasteiger partial charge in [0.05, 0.1) is 30.3 Å². The number of aliphatic carboxylic acids is 1. The number of methoxy groups -OCH3 is 1. The number of hydrogen-bond donors (Lipinski definition) is 3. The van der Waals surface area contributed by atoms with Crippen molar-refractivity contribution >= 4 is 45.0 Å². The Labute approximate surface area is 219 Å². The highest BCUT2D eigenvalue weighted by molar-refractivity contribution is 7.17. The molecule has 12 heteroatoms. The number of piperidine rings is 1. The van der Waals surface area contributed by atoms with Crippen LogP contribution in [-0.2, 0) is 11.0 Å². The lowest BCUT2D eigenvalue weighted by molar-refractivity contribution is -0.142. The van der Waals surface area contributed by atoms with Crippen molar-refractivity contribution in [3.63, 3.8) is 0 Å². The molecule has 1 fully saturated rings. The molecular weight excluding hydrogens is 521 g/mol. The van der Waals surface area contributed by atoms with Crippen molar-refractivity contribution in [1.82, 2.24) is 15.2 Å². The number of rotatable bonds is 6. The van der Waals surface area contributed by atoms with Crippen LogP contribution in [0.4, 0.5) is 18.3 Å². The van der Waals surface area contributed by atoms with Gasteiger partial charge < -0.3 is 19.8 Å². The number of hydrogen-bond acceptors (Lipinski definition) is 7. The number of thiazole rings is 1. The first-order valence-corrected chi connectivity index (χ1v) is 12.5. The first-order chi connectivity index (χ1) is 18.1. The molecule has 1 saturated heterocycles. The van der Waals surface area contributed by atoms with Gasteiger partial charge in [-0.05, 0) is 54.3 Å². The van der Waals surface area contributed by atoms with Crippen LogP contribution < -0.4 is 9.64 Å². The molecule has 0 atom stereocenters. The predicted molar refractivity (Wildman–Crippen MR) is 137 cm³/mol. The van der Waals surface area contributed by atoms with Gasteiger partial charge in [-0.1, -0.05) is 23.5 Å². The Morgan fingerprint density at radius 2 is 1.97 bits per heavy atom. The van der Waals surface area contributed by atoms with E-state index in [0.29, 0.717) is 47.1 Å². The molecule has 0 saturated carbocycles. The van der Waals surface area contributed by atoms with Gasteiger partial charge in [-0.2, -0.15) is 23.3 Å². The number of anilines is 1. The summed E-state index contributed by atoms with van der Waals surface area (Å²) < 4.78 is 47.0. The molecule has 1 aliphatic heterocycles. The van der Waals surface area contributed by atoms with Gasteiger partial charge >= 0.3 is 12.1 Å². The Kier molecular flexibility index (Phi) is 6.74. The number of carbonyl (C=O) groups is 1. The second-order valence-corrected chi connectivity index (χ2v) is 9.91. The molecule has 38 heavy (non-hydrogen) atoms. The van der Waals surface area contributed by atoms with Crippen LogP contribution in [0.2, 0.25) is 0 Å². The van der Waals surface area contributed by atoms with Crippen LogP contribution in [0.25, 0.3) is 22.6 Å². The zero-order valence-electron chi connectivity index (χ0n) is 20.1. The van der Waals surface area contributed by atoms with E-state index in [2.05, 4.69) is 15.2 Å². The number of fused-ring (bicyclic) bond motifs is 1. The van der Waals surface area contributed by atoms with E-state index in [-0.39, 0.29) is 17.2 Å². The number of carboxylic acids is 1. The fraction of sp³-hybridized carbons (Fsp3) is 0.269. The van der Waals surface area contributed by atoms with Crippen molar-refractivity contribution in [2.24, 2.45) is 5.92 Å². The van der Waals surface area contributed by atoms with E-state index in [4.69, 9.17) is 4.74 Å². The summed E-state index contributed by atoms with van der Waals surface area (Å²) in [7, 11) is 1.30. The number of halogens is 3. The lowest BCUT2D eigenvalue weighted by Gasteiger charge is -2.29. The number of aromatic nitrogens is 3. The van der Waals surface area contributed by atoms with Crippen molar-refractivity contribution in [3.8, 4) is 11.6 Å². The third-order valence-electron chi connectivity index (χ3n) is 6.57. The number of aromatic amines is 1. The summed E-state index contributed by atoms with van der Waals surface area (Å²) in [4.78, 5) is 17.8. The molecule has 2 aromatic heterocycles. The van der Waals surface area contributed by atoms with E-state index in [1.54, 1.807) is 24.4 Å². The number of ether oxygens (including phenoxy) is 1. The zero-order chi connectivity index (χ0) is 27.0. The third kappa shape index (κ3) is 5.03. The highest BCUT2D eigenvalue weighted by Crippen LogP contribution is 2.43. The van der Waals surface area contributed by atoms with Gasteiger partial charge in [-0.3, -0.25) is 9.89 Å². The van der Waals surface area contributed by atoms with Crippen LogP contribution >= 0.6 is 11.3 Å². The quantitative estimate of drug-likeness (QED) is 0.269. The zero-order valence-corrected chi connectivity index (χ0v) is 20.9. The summed E-state index contributed by atoms with van der Waals surface area (Å²) in [6.45, 7) is 0.889. The SMILES string of the molecule is COc1ccc(C=C(c2ccc3[nH]ncc3c2)c2sc(N3CCC(C(=O)O)CC3)nc2O)c(C(F)(F)F)c1. The first-order valence-electron chi connectivity index (χ1n) is 11.7. The monoisotopic (exact) mass is 544 g/mol. The molecule has 5 rings (SSSR count). The molecular formula is C26H23F3N4O4S. The maximum atomic E-state index is 14.0. The highest BCUT2D eigenvalue weighted by atomic mass is 32.1. The minimum atomic E-state index is -4.64. The third-order valence-corrected chi connectivity index (χ3v) is 7.71. The Morgan fingerprint density at radius 1 is 1.21 bits per heavy atom. The summed E-state index contributed by atoms with van der Waals surface area (Å²) >= 11 is 1.15. The van der Waals surface area contributed by atoms with Gasteiger partial charge in [0.1, 0.15) is 10.6 Å². The van der Waals surface area contributed by atoms with E-state index in [1.807, 2.05) is 4.90 Å². The summed E-state index contributed by atoms with van der Waals surface area (Å²) in [5, 5.41) is 28.2. The van der Waals surface area contributed by atoms with Gasteiger partial charge in [0.25, 0.3) is 0 Å². The number of nitrogens with zero attached hydrogens (tertiary/aromatic N) is 3. The molecule has 2 aromatic carbocycles. The lowest BCUT2D eigenvalue weighted by Crippen LogP contribution is -2.36. The number of aromatic hydroxyl groups is 1. The second-order valence-electron chi connectivity index (χ2n) is 8.93. The summed E-state index contributed by atoms with van der Waals surface area (Å²) in [5.41, 5.74) is 0.698. The Balaban J connectivity index is 1.62. The second kappa shape index (κ2) is 10.0. The molecule has 4 aromatic rings. The first kappa shape index (κ1) is 25.6. The van der Waals surface area contributed by atoms with E-state index < -0.39 is 23.6 Å². The number of H-pyrrole nitrogens is 1. The fourth-order valence-electron chi connectivity index (χ4n) is 4.51. The van der Waals surface area contributed by atoms with Crippen LogP contribution in [0.1, 0.15) is 34.4 Å². The summed E-state index contributed by atoms with van der Waals surface area (Å²) in [5.74, 6) is -1.52. The average Bonchev–Trinajstić information content (AvgIpc) is 3.52. The summed E-state index contributed by atoms with van der Waals surface area (Å²) in [6.07, 6.45) is -0.778. The van der Waals surface area contributed by atoms with Crippen molar-refractivity contribution in [2.75, 3.05) is 25.1 Å². The molecule has 3 N–H and O–H groups in total. The molecule has 1 aliphatic rings. The van der Waals surface area contributed by atoms with Crippen LogP contribution in [0.5, 0.6) is 11.6 Å². The molecule has 3 heterocycles. The molecule has 0 spiro atoms. The maximum absolute atomic E-state index is 14.0. The van der Waals surface area contributed by atoms with Crippen LogP contribution in [0.15, 0.2) is 42.6 Å². The number of alkyl halides is 3. The van der Waals surface area contributed by atoms with Gasteiger partial charge in [-0.15, -0.1) is 0 Å². The molecule has 0 radical (unpaired) electrons. The number of benzene rings is 2. The molecule has 0 aliphatic carbocycles. The van der Waals surface area contributed by atoms with E-state index in [0.717, 1.165) is 28.3 Å². The number of nitrogens with one attached hydrogen (secondary N) is 1. The van der Waals surface area contributed by atoms with Crippen molar-refractivity contribution in [3.05, 3.63) is 64.2 Å². The van der Waals surface area contributed by atoms with E-state index >= 15 is 0 Å². The fourth-order valence-corrected chi connectivity index (χ4v) is 5.56. The largest absolute Gasteiger partial charge is 0.497 e. The Bertz CT molecular complexity index is 1520. The number of carboxylic acid groups (broad SMARTS) is 1. The normalized spacial score (nSPS) is 15.3. The van der Waals surface area contributed by atoms with Gasteiger partial charge in [0.15, 0.2) is 5.13 Å².